The maximum absolute atomic E-state index is 9.34. The Morgan fingerprint density at radius 2 is 1.83 bits per heavy atom. The van der Waals surface area contributed by atoms with Crippen LogP contribution < -0.4 is 5.32 Å². The first-order valence-corrected chi connectivity index (χ1v) is 7.23. The molecule has 2 nitrogen and oxygen atoms in total. The van der Waals surface area contributed by atoms with Crippen LogP contribution in [0.1, 0.15) is 44.6 Å². The highest BCUT2D eigenvalue weighted by atomic mass is 16.3. The van der Waals surface area contributed by atoms with Gasteiger partial charge in [-0.15, -0.1) is 0 Å². The molecule has 2 N–H and O–H groups in total. The van der Waals surface area contributed by atoms with Crippen LogP contribution in [0, 0.1) is 5.41 Å². The number of hydrogen-bond donors (Lipinski definition) is 2. The second kappa shape index (κ2) is 6.24. The Hall–Kier alpha value is -1.02. The van der Waals surface area contributed by atoms with Crippen LogP contribution >= 0.6 is 0 Å². The molecule has 0 spiro atoms. The van der Waals surface area contributed by atoms with Crippen molar-refractivity contribution in [2.24, 2.45) is 5.41 Å². The molecule has 1 fully saturated rings. The second-order valence-corrected chi connectivity index (χ2v) is 5.73. The van der Waals surface area contributed by atoms with E-state index in [-0.39, 0.29) is 0 Å². The van der Waals surface area contributed by atoms with Crippen LogP contribution in [0.5, 0.6) is 5.75 Å². The van der Waals surface area contributed by atoms with Gasteiger partial charge < -0.3 is 10.4 Å². The van der Waals surface area contributed by atoms with E-state index in [1.54, 1.807) is 12.1 Å². The van der Waals surface area contributed by atoms with Crippen LogP contribution in [-0.4, -0.2) is 18.2 Å². The normalized spacial score (nSPS) is 18.1. The van der Waals surface area contributed by atoms with Crippen LogP contribution in [-0.2, 0) is 6.42 Å². The van der Waals surface area contributed by atoms with Gasteiger partial charge in [-0.05, 0) is 55.3 Å². The summed E-state index contributed by atoms with van der Waals surface area (Å²) in [6.45, 7) is 4.48. The van der Waals surface area contributed by atoms with E-state index in [2.05, 4.69) is 24.4 Å². The molecule has 0 heterocycles. The Morgan fingerprint density at radius 1 is 1.17 bits per heavy atom. The predicted molar refractivity (Wildman–Crippen MR) is 75.9 cm³/mol. The lowest BCUT2D eigenvalue weighted by Gasteiger charge is -2.29. The van der Waals surface area contributed by atoms with Crippen molar-refractivity contribution in [3.63, 3.8) is 0 Å². The fourth-order valence-electron chi connectivity index (χ4n) is 3.12. The van der Waals surface area contributed by atoms with Crippen molar-refractivity contribution >= 4 is 0 Å². The first-order valence-electron chi connectivity index (χ1n) is 7.23. The zero-order chi connectivity index (χ0) is 12.8. The molecule has 0 aromatic heterocycles. The van der Waals surface area contributed by atoms with Crippen molar-refractivity contribution < 1.29 is 5.11 Å². The number of phenolic OH excluding ortho intramolecular Hbond substituents is 1. The molecule has 2 rings (SSSR count). The monoisotopic (exact) mass is 247 g/mol. The Balaban J connectivity index is 1.99. The van der Waals surface area contributed by atoms with Crippen molar-refractivity contribution in [3.05, 3.63) is 29.8 Å². The summed E-state index contributed by atoms with van der Waals surface area (Å²) in [7, 11) is 0. The summed E-state index contributed by atoms with van der Waals surface area (Å²) in [5.74, 6) is 0.364. The number of hydrogen-bond acceptors (Lipinski definition) is 2. The summed E-state index contributed by atoms with van der Waals surface area (Å²) in [6, 6.07) is 7.74. The smallest absolute Gasteiger partial charge is 0.115 e. The quantitative estimate of drug-likeness (QED) is 0.754. The van der Waals surface area contributed by atoms with Crippen LogP contribution in [0.25, 0.3) is 0 Å². The number of rotatable bonds is 6. The van der Waals surface area contributed by atoms with Crippen LogP contribution in [0.2, 0.25) is 0 Å². The van der Waals surface area contributed by atoms with Gasteiger partial charge in [0, 0.05) is 6.54 Å². The van der Waals surface area contributed by atoms with E-state index in [1.807, 2.05) is 0 Å². The zero-order valence-corrected chi connectivity index (χ0v) is 11.4. The van der Waals surface area contributed by atoms with E-state index >= 15 is 0 Å². The standard InChI is InChI=1S/C16H25NO/c1-2-11-17-13-16(9-3-4-10-16)12-14-5-7-15(18)8-6-14/h5-8,17-18H,2-4,9-13H2,1H3. The molecule has 1 aliphatic rings. The second-order valence-electron chi connectivity index (χ2n) is 5.73. The Morgan fingerprint density at radius 3 is 2.44 bits per heavy atom. The average Bonchev–Trinajstić information content (AvgIpc) is 2.82. The third-order valence-electron chi connectivity index (χ3n) is 4.11. The highest BCUT2D eigenvalue weighted by molar-refractivity contribution is 5.26. The summed E-state index contributed by atoms with van der Waals surface area (Å²) in [5.41, 5.74) is 1.81. The van der Waals surface area contributed by atoms with Crippen molar-refractivity contribution in [2.45, 2.75) is 45.4 Å². The van der Waals surface area contributed by atoms with Crippen molar-refractivity contribution in [1.82, 2.24) is 5.32 Å². The SMILES string of the molecule is CCCNCC1(Cc2ccc(O)cc2)CCCC1. The molecule has 0 aliphatic heterocycles. The van der Waals surface area contributed by atoms with Crippen molar-refractivity contribution in [2.75, 3.05) is 13.1 Å². The molecular formula is C16H25NO. The maximum Gasteiger partial charge on any atom is 0.115 e. The predicted octanol–water partition coefficient (Wildman–Crippen LogP) is 3.49. The summed E-state index contributed by atoms with van der Waals surface area (Å²) in [4.78, 5) is 0. The van der Waals surface area contributed by atoms with Gasteiger partial charge in [0.1, 0.15) is 5.75 Å². The van der Waals surface area contributed by atoms with Gasteiger partial charge in [0.05, 0.1) is 0 Å². The first kappa shape index (κ1) is 13.4. The molecule has 2 heteroatoms. The van der Waals surface area contributed by atoms with Gasteiger partial charge in [-0.3, -0.25) is 0 Å². The van der Waals surface area contributed by atoms with Gasteiger partial charge in [-0.2, -0.15) is 0 Å². The van der Waals surface area contributed by atoms with Crippen molar-refractivity contribution in [3.8, 4) is 5.75 Å². The molecule has 18 heavy (non-hydrogen) atoms. The molecule has 1 aliphatic carbocycles. The summed E-state index contributed by atoms with van der Waals surface area (Å²) in [6.07, 6.45) is 7.76. The molecule has 100 valence electrons. The molecule has 0 atom stereocenters. The van der Waals surface area contributed by atoms with Crippen LogP contribution in [0.3, 0.4) is 0 Å². The first-order chi connectivity index (χ1) is 8.74. The van der Waals surface area contributed by atoms with E-state index in [4.69, 9.17) is 0 Å². The zero-order valence-electron chi connectivity index (χ0n) is 11.4. The molecule has 0 unspecified atom stereocenters. The number of nitrogens with one attached hydrogen (secondary N) is 1. The summed E-state index contributed by atoms with van der Waals surface area (Å²) >= 11 is 0. The van der Waals surface area contributed by atoms with E-state index in [1.165, 1.54) is 37.7 Å². The maximum atomic E-state index is 9.34. The fraction of sp³-hybridized carbons (Fsp3) is 0.625. The third-order valence-corrected chi connectivity index (χ3v) is 4.11. The minimum Gasteiger partial charge on any atom is -0.508 e. The van der Waals surface area contributed by atoms with Gasteiger partial charge in [-0.1, -0.05) is 31.9 Å². The minimum atomic E-state index is 0.364. The van der Waals surface area contributed by atoms with Crippen LogP contribution in [0.15, 0.2) is 24.3 Å². The van der Waals surface area contributed by atoms with E-state index < -0.39 is 0 Å². The van der Waals surface area contributed by atoms with Gasteiger partial charge in [0.2, 0.25) is 0 Å². The molecule has 0 amide bonds. The Labute approximate surface area is 110 Å². The lowest BCUT2D eigenvalue weighted by atomic mass is 9.80. The van der Waals surface area contributed by atoms with Gasteiger partial charge in [-0.25, -0.2) is 0 Å². The fourth-order valence-corrected chi connectivity index (χ4v) is 3.12. The summed E-state index contributed by atoms with van der Waals surface area (Å²) in [5, 5.41) is 12.9. The lowest BCUT2D eigenvalue weighted by molar-refractivity contribution is 0.278. The van der Waals surface area contributed by atoms with Gasteiger partial charge in [0.25, 0.3) is 0 Å². The molecule has 1 saturated carbocycles. The molecule has 1 aromatic rings. The number of aromatic hydroxyl groups is 1. The topological polar surface area (TPSA) is 32.3 Å². The molecular weight excluding hydrogens is 222 g/mol. The molecule has 1 aromatic carbocycles. The highest BCUT2D eigenvalue weighted by Gasteiger charge is 2.33. The summed E-state index contributed by atoms with van der Waals surface area (Å²) < 4.78 is 0. The Kier molecular flexibility index (Phi) is 4.65. The number of benzene rings is 1. The van der Waals surface area contributed by atoms with Crippen LogP contribution in [0.4, 0.5) is 0 Å². The average molecular weight is 247 g/mol. The minimum absolute atomic E-state index is 0.364. The van der Waals surface area contributed by atoms with Crippen molar-refractivity contribution in [1.29, 1.82) is 0 Å². The van der Waals surface area contributed by atoms with E-state index in [0.717, 1.165) is 19.5 Å². The molecule has 0 saturated heterocycles. The van der Waals surface area contributed by atoms with E-state index in [9.17, 15) is 5.11 Å². The molecule has 0 bridgehead atoms. The largest absolute Gasteiger partial charge is 0.508 e. The Bertz CT molecular complexity index is 352. The third kappa shape index (κ3) is 3.49. The lowest BCUT2D eigenvalue weighted by Crippen LogP contribution is -2.34. The van der Waals surface area contributed by atoms with E-state index in [0.29, 0.717) is 11.2 Å². The van der Waals surface area contributed by atoms with Gasteiger partial charge in [0.15, 0.2) is 0 Å². The highest BCUT2D eigenvalue weighted by Crippen LogP contribution is 2.40. The van der Waals surface area contributed by atoms with Gasteiger partial charge >= 0.3 is 0 Å². The number of phenols is 1. The molecule has 0 radical (unpaired) electrons.